The number of amides is 2. The first-order valence-electron chi connectivity index (χ1n) is 10.2. The number of rotatable bonds is 10. The standard InChI is InChI=1S/C23H29N3O5/c1-5-6-11-25(15-27)17-8-9-19-18(12-17)24-21(28)14-26(19)13-16-7-10-20(29-2)23(31-4)22(16)30-3/h7-10,12,15H,5-6,11,13-14H2,1-4H3,(H,24,28). The van der Waals surface area contributed by atoms with Crippen molar-refractivity contribution in [2.24, 2.45) is 0 Å². The second-order valence-corrected chi connectivity index (χ2v) is 7.25. The maximum atomic E-state index is 12.4. The van der Waals surface area contributed by atoms with Crippen molar-refractivity contribution in [2.45, 2.75) is 26.3 Å². The molecule has 8 nitrogen and oxygen atoms in total. The van der Waals surface area contributed by atoms with Gasteiger partial charge in [0.05, 0.1) is 39.2 Å². The molecule has 0 fully saturated rings. The molecule has 3 rings (SSSR count). The molecular formula is C23H29N3O5. The van der Waals surface area contributed by atoms with E-state index in [-0.39, 0.29) is 12.5 Å². The average Bonchev–Trinajstić information content (AvgIpc) is 2.78. The highest BCUT2D eigenvalue weighted by molar-refractivity contribution is 6.02. The van der Waals surface area contributed by atoms with Crippen LogP contribution in [0, 0.1) is 0 Å². The van der Waals surface area contributed by atoms with E-state index in [1.165, 1.54) is 0 Å². The summed E-state index contributed by atoms with van der Waals surface area (Å²) in [4.78, 5) is 27.6. The minimum atomic E-state index is -0.115. The van der Waals surface area contributed by atoms with E-state index in [4.69, 9.17) is 14.2 Å². The molecule has 0 unspecified atom stereocenters. The van der Waals surface area contributed by atoms with Crippen molar-refractivity contribution in [1.82, 2.24) is 0 Å². The van der Waals surface area contributed by atoms with E-state index < -0.39 is 0 Å². The Kier molecular flexibility index (Phi) is 7.23. The maximum absolute atomic E-state index is 12.4. The lowest BCUT2D eigenvalue weighted by atomic mass is 10.1. The number of carbonyl (C=O) groups excluding carboxylic acids is 2. The first kappa shape index (κ1) is 22.3. The Morgan fingerprint density at radius 3 is 2.52 bits per heavy atom. The average molecular weight is 428 g/mol. The summed E-state index contributed by atoms with van der Waals surface area (Å²) < 4.78 is 16.4. The van der Waals surface area contributed by atoms with Crippen molar-refractivity contribution in [1.29, 1.82) is 0 Å². The minimum absolute atomic E-state index is 0.115. The predicted octanol–water partition coefficient (Wildman–Crippen LogP) is 3.43. The van der Waals surface area contributed by atoms with Gasteiger partial charge in [-0.15, -0.1) is 0 Å². The number of nitrogens with one attached hydrogen (secondary N) is 1. The summed E-state index contributed by atoms with van der Waals surface area (Å²) in [6, 6.07) is 9.40. The van der Waals surface area contributed by atoms with Gasteiger partial charge in [0.25, 0.3) is 0 Å². The molecule has 0 bridgehead atoms. The van der Waals surface area contributed by atoms with Crippen LogP contribution in [0.5, 0.6) is 17.2 Å². The Hall–Kier alpha value is -3.42. The molecule has 2 amide bonds. The summed E-state index contributed by atoms with van der Waals surface area (Å²) in [6.07, 6.45) is 2.73. The van der Waals surface area contributed by atoms with Gasteiger partial charge in [-0.1, -0.05) is 13.3 Å². The van der Waals surface area contributed by atoms with Gasteiger partial charge in [-0.05, 0) is 36.8 Å². The van der Waals surface area contributed by atoms with Crippen LogP contribution in [0.2, 0.25) is 0 Å². The van der Waals surface area contributed by atoms with Crippen LogP contribution in [-0.2, 0) is 16.1 Å². The normalized spacial score (nSPS) is 12.6. The maximum Gasteiger partial charge on any atom is 0.243 e. The van der Waals surface area contributed by atoms with E-state index in [0.29, 0.717) is 36.0 Å². The van der Waals surface area contributed by atoms with Gasteiger partial charge in [0.2, 0.25) is 18.1 Å². The molecule has 166 valence electrons. The minimum Gasteiger partial charge on any atom is -0.493 e. The fourth-order valence-electron chi connectivity index (χ4n) is 3.73. The fraction of sp³-hybridized carbons (Fsp3) is 0.391. The third-order valence-electron chi connectivity index (χ3n) is 5.29. The fourth-order valence-corrected chi connectivity index (χ4v) is 3.73. The van der Waals surface area contributed by atoms with Gasteiger partial charge in [0, 0.05) is 24.3 Å². The third-order valence-corrected chi connectivity index (χ3v) is 5.29. The predicted molar refractivity (Wildman–Crippen MR) is 121 cm³/mol. The van der Waals surface area contributed by atoms with E-state index in [1.807, 2.05) is 35.2 Å². The molecular weight excluding hydrogens is 398 g/mol. The Balaban J connectivity index is 1.93. The molecule has 0 saturated heterocycles. The number of methoxy groups -OCH3 is 3. The van der Waals surface area contributed by atoms with Crippen LogP contribution in [0.3, 0.4) is 0 Å². The molecule has 0 aromatic heterocycles. The molecule has 2 aromatic carbocycles. The van der Waals surface area contributed by atoms with Crippen molar-refractivity contribution in [2.75, 3.05) is 49.5 Å². The highest BCUT2D eigenvalue weighted by Gasteiger charge is 2.25. The van der Waals surface area contributed by atoms with Gasteiger partial charge in [0.15, 0.2) is 11.5 Å². The van der Waals surface area contributed by atoms with Crippen molar-refractivity contribution >= 4 is 29.4 Å². The van der Waals surface area contributed by atoms with Gasteiger partial charge in [-0.25, -0.2) is 0 Å². The number of carbonyl (C=O) groups is 2. The zero-order valence-corrected chi connectivity index (χ0v) is 18.4. The highest BCUT2D eigenvalue weighted by Crippen LogP contribution is 2.41. The molecule has 31 heavy (non-hydrogen) atoms. The summed E-state index contributed by atoms with van der Waals surface area (Å²) >= 11 is 0. The number of hydrogen-bond acceptors (Lipinski definition) is 6. The monoisotopic (exact) mass is 427 g/mol. The van der Waals surface area contributed by atoms with Crippen molar-refractivity contribution < 1.29 is 23.8 Å². The zero-order chi connectivity index (χ0) is 22.4. The Morgan fingerprint density at radius 1 is 1.10 bits per heavy atom. The Labute approximate surface area is 182 Å². The molecule has 0 spiro atoms. The van der Waals surface area contributed by atoms with Gasteiger partial charge in [-0.3, -0.25) is 9.59 Å². The van der Waals surface area contributed by atoms with Crippen LogP contribution >= 0.6 is 0 Å². The number of anilines is 3. The smallest absolute Gasteiger partial charge is 0.243 e. The van der Waals surface area contributed by atoms with Crippen LogP contribution in [0.25, 0.3) is 0 Å². The summed E-state index contributed by atoms with van der Waals surface area (Å²) in [5, 5.41) is 2.92. The van der Waals surface area contributed by atoms with Crippen LogP contribution in [0.1, 0.15) is 25.3 Å². The second-order valence-electron chi connectivity index (χ2n) is 7.25. The van der Waals surface area contributed by atoms with Crippen molar-refractivity contribution in [3.05, 3.63) is 35.9 Å². The Bertz CT molecular complexity index is 947. The molecule has 1 aliphatic heterocycles. The van der Waals surface area contributed by atoms with Crippen LogP contribution < -0.4 is 29.3 Å². The van der Waals surface area contributed by atoms with Gasteiger partial charge >= 0.3 is 0 Å². The van der Waals surface area contributed by atoms with Crippen LogP contribution in [0.15, 0.2) is 30.3 Å². The van der Waals surface area contributed by atoms with Crippen LogP contribution in [-0.4, -0.2) is 46.7 Å². The van der Waals surface area contributed by atoms with Gasteiger partial charge < -0.3 is 29.3 Å². The van der Waals surface area contributed by atoms with E-state index >= 15 is 0 Å². The first-order valence-corrected chi connectivity index (χ1v) is 10.2. The first-order chi connectivity index (χ1) is 15.1. The van der Waals surface area contributed by atoms with Gasteiger partial charge in [0.1, 0.15) is 0 Å². The number of fused-ring (bicyclic) bond motifs is 1. The number of unbranched alkanes of at least 4 members (excludes halogenated alkanes) is 1. The summed E-state index contributed by atoms with van der Waals surface area (Å²) in [7, 11) is 4.71. The molecule has 0 atom stereocenters. The Morgan fingerprint density at radius 2 is 1.87 bits per heavy atom. The van der Waals surface area contributed by atoms with E-state index in [1.54, 1.807) is 26.2 Å². The summed E-state index contributed by atoms with van der Waals surface area (Å²) in [5.41, 5.74) is 3.17. The third kappa shape index (κ3) is 4.68. The second kappa shape index (κ2) is 10.1. The highest BCUT2D eigenvalue weighted by atomic mass is 16.5. The molecule has 8 heteroatoms. The molecule has 2 aromatic rings. The lowest BCUT2D eigenvalue weighted by Crippen LogP contribution is -2.38. The molecule has 0 radical (unpaired) electrons. The SMILES string of the molecule is CCCCN(C=O)c1ccc2c(c1)NC(=O)CN2Cc1ccc(OC)c(OC)c1OC. The van der Waals surface area contributed by atoms with Crippen LogP contribution in [0.4, 0.5) is 17.1 Å². The number of benzene rings is 2. The quantitative estimate of drug-likeness (QED) is 0.585. The topological polar surface area (TPSA) is 80.3 Å². The lowest BCUT2D eigenvalue weighted by molar-refractivity contribution is -0.115. The summed E-state index contributed by atoms with van der Waals surface area (Å²) in [5.74, 6) is 1.54. The molecule has 0 aliphatic carbocycles. The number of hydrogen-bond donors (Lipinski definition) is 1. The van der Waals surface area contributed by atoms with E-state index in [9.17, 15) is 9.59 Å². The van der Waals surface area contributed by atoms with Crippen molar-refractivity contribution in [3.63, 3.8) is 0 Å². The molecule has 0 saturated carbocycles. The molecule has 1 N–H and O–H groups in total. The largest absolute Gasteiger partial charge is 0.493 e. The summed E-state index contributed by atoms with van der Waals surface area (Å²) in [6.45, 7) is 3.36. The molecule has 1 heterocycles. The number of nitrogens with zero attached hydrogens (tertiary/aromatic N) is 2. The number of ether oxygens (including phenoxy) is 3. The van der Waals surface area contributed by atoms with E-state index in [2.05, 4.69) is 12.2 Å². The zero-order valence-electron chi connectivity index (χ0n) is 18.4. The molecule has 1 aliphatic rings. The lowest BCUT2D eigenvalue weighted by Gasteiger charge is -2.32. The van der Waals surface area contributed by atoms with Gasteiger partial charge in [-0.2, -0.15) is 0 Å². The van der Waals surface area contributed by atoms with E-state index in [0.717, 1.165) is 36.2 Å². The van der Waals surface area contributed by atoms with Crippen molar-refractivity contribution in [3.8, 4) is 17.2 Å².